The van der Waals surface area contributed by atoms with E-state index in [4.69, 9.17) is 14.6 Å². The number of ether oxygens (including phenoxy) is 2. The lowest BCUT2D eigenvalue weighted by molar-refractivity contribution is -0.137. The fourth-order valence-corrected chi connectivity index (χ4v) is 3.94. The van der Waals surface area contributed by atoms with Gasteiger partial charge in [0.1, 0.15) is 17.6 Å². The maximum Gasteiger partial charge on any atom is 0.303 e. The van der Waals surface area contributed by atoms with Crippen molar-refractivity contribution in [3.05, 3.63) is 88.5 Å². The highest BCUT2D eigenvalue weighted by Crippen LogP contribution is 2.32. The molecule has 0 aliphatic heterocycles. The minimum absolute atomic E-state index is 0.0179. The Morgan fingerprint density at radius 3 is 2.36 bits per heavy atom. The molecule has 3 aromatic carbocycles. The number of amides is 1. The van der Waals surface area contributed by atoms with E-state index in [2.05, 4.69) is 36.5 Å². The van der Waals surface area contributed by atoms with Gasteiger partial charge in [-0.1, -0.05) is 49.7 Å². The van der Waals surface area contributed by atoms with E-state index in [1.54, 1.807) is 24.3 Å². The molecule has 0 aliphatic rings. The topological polar surface area (TPSA) is 84.9 Å². The van der Waals surface area contributed by atoms with Gasteiger partial charge in [0, 0.05) is 12.1 Å². The monoisotopic (exact) mass is 489 g/mol. The van der Waals surface area contributed by atoms with Crippen LogP contribution < -0.4 is 14.8 Å². The summed E-state index contributed by atoms with van der Waals surface area (Å²) >= 11 is 0. The third kappa shape index (κ3) is 7.11. The molecular formula is C30H35NO5. The number of aryl methyl sites for hydroxylation is 1. The third-order valence-corrected chi connectivity index (χ3v) is 6.20. The van der Waals surface area contributed by atoms with Crippen LogP contribution in [0.25, 0.3) is 0 Å². The molecule has 0 spiro atoms. The molecule has 36 heavy (non-hydrogen) atoms. The molecule has 0 saturated heterocycles. The van der Waals surface area contributed by atoms with Crippen LogP contribution in [0.5, 0.6) is 11.5 Å². The van der Waals surface area contributed by atoms with Crippen LogP contribution >= 0.6 is 0 Å². The van der Waals surface area contributed by atoms with Gasteiger partial charge >= 0.3 is 5.97 Å². The van der Waals surface area contributed by atoms with Crippen LogP contribution in [0, 0.1) is 13.8 Å². The first-order chi connectivity index (χ1) is 17.3. The zero-order valence-corrected chi connectivity index (χ0v) is 21.5. The molecular weight excluding hydrogens is 454 g/mol. The van der Waals surface area contributed by atoms with Crippen molar-refractivity contribution in [1.82, 2.24) is 0 Å². The Morgan fingerprint density at radius 1 is 0.944 bits per heavy atom. The van der Waals surface area contributed by atoms with E-state index < -0.39 is 5.97 Å². The van der Waals surface area contributed by atoms with Crippen molar-refractivity contribution in [1.29, 1.82) is 0 Å². The Kier molecular flexibility index (Phi) is 9.51. The summed E-state index contributed by atoms with van der Waals surface area (Å²) < 4.78 is 12.0. The van der Waals surface area contributed by atoms with Crippen molar-refractivity contribution in [3.8, 4) is 11.5 Å². The molecule has 3 rings (SSSR count). The summed E-state index contributed by atoms with van der Waals surface area (Å²) in [5, 5.41) is 11.8. The first-order valence-corrected chi connectivity index (χ1v) is 12.4. The Bertz CT molecular complexity index is 1190. The quantitative estimate of drug-likeness (QED) is 0.271. The largest absolute Gasteiger partial charge is 0.493 e. The van der Waals surface area contributed by atoms with E-state index in [9.17, 15) is 9.59 Å². The van der Waals surface area contributed by atoms with E-state index in [-0.39, 0.29) is 25.0 Å². The molecule has 0 bridgehead atoms. The summed E-state index contributed by atoms with van der Waals surface area (Å²) in [5.41, 5.74) is 5.41. The Morgan fingerprint density at radius 2 is 1.67 bits per heavy atom. The van der Waals surface area contributed by atoms with Crippen molar-refractivity contribution in [2.45, 2.75) is 59.5 Å². The summed E-state index contributed by atoms with van der Waals surface area (Å²) in [5.74, 6) is 0.0361. The molecule has 190 valence electrons. The van der Waals surface area contributed by atoms with Crippen LogP contribution in [0.3, 0.4) is 0 Å². The van der Waals surface area contributed by atoms with Gasteiger partial charge in [-0.3, -0.25) is 9.59 Å². The highest BCUT2D eigenvalue weighted by Gasteiger charge is 2.16. The van der Waals surface area contributed by atoms with Crippen molar-refractivity contribution in [2.24, 2.45) is 0 Å². The Balaban J connectivity index is 1.68. The summed E-state index contributed by atoms with van der Waals surface area (Å²) in [7, 11) is 0. The SMILES string of the molecule is CCCc1ccc(C(C)Oc2ccc(NC(=O)c3ccccc3OCCCC(=O)O)c(C)c2C)cc1. The average Bonchev–Trinajstić information content (AvgIpc) is 2.87. The minimum Gasteiger partial charge on any atom is -0.493 e. The number of para-hydroxylation sites is 1. The van der Waals surface area contributed by atoms with Gasteiger partial charge in [-0.2, -0.15) is 0 Å². The van der Waals surface area contributed by atoms with E-state index >= 15 is 0 Å². The van der Waals surface area contributed by atoms with Crippen LogP contribution in [0.15, 0.2) is 60.7 Å². The third-order valence-electron chi connectivity index (χ3n) is 6.20. The molecule has 0 saturated carbocycles. The van der Waals surface area contributed by atoms with E-state index in [0.29, 0.717) is 23.4 Å². The smallest absolute Gasteiger partial charge is 0.303 e. The van der Waals surface area contributed by atoms with E-state index in [0.717, 1.165) is 35.3 Å². The second kappa shape index (κ2) is 12.8. The molecule has 0 fully saturated rings. The molecule has 0 aliphatic carbocycles. The molecule has 2 N–H and O–H groups in total. The van der Waals surface area contributed by atoms with Gasteiger partial charge < -0.3 is 19.9 Å². The number of carboxylic acids is 1. The number of carbonyl (C=O) groups is 2. The molecule has 3 aromatic rings. The number of hydrogen-bond donors (Lipinski definition) is 2. The average molecular weight is 490 g/mol. The van der Waals surface area contributed by atoms with Gasteiger partial charge in [0.05, 0.1) is 12.2 Å². The Labute approximate surface area is 213 Å². The van der Waals surface area contributed by atoms with Crippen molar-refractivity contribution >= 4 is 17.6 Å². The van der Waals surface area contributed by atoms with Crippen LogP contribution in [0.1, 0.15) is 71.8 Å². The Hall–Kier alpha value is -3.80. The second-order valence-electron chi connectivity index (χ2n) is 8.91. The molecule has 1 unspecified atom stereocenters. The van der Waals surface area contributed by atoms with E-state index in [1.165, 1.54) is 5.56 Å². The van der Waals surface area contributed by atoms with Crippen LogP contribution in [-0.2, 0) is 11.2 Å². The molecule has 1 atom stereocenters. The normalized spacial score (nSPS) is 11.6. The summed E-state index contributed by atoms with van der Waals surface area (Å²) in [6, 6.07) is 19.2. The summed E-state index contributed by atoms with van der Waals surface area (Å²) in [6.07, 6.45) is 2.47. The minimum atomic E-state index is -0.873. The molecule has 0 radical (unpaired) electrons. The summed E-state index contributed by atoms with van der Waals surface area (Å²) in [6.45, 7) is 8.37. The lowest BCUT2D eigenvalue weighted by Gasteiger charge is -2.20. The number of nitrogens with one attached hydrogen (secondary N) is 1. The number of anilines is 1. The molecule has 1 amide bonds. The van der Waals surface area contributed by atoms with Crippen molar-refractivity contribution < 1.29 is 24.2 Å². The first-order valence-electron chi connectivity index (χ1n) is 12.4. The van der Waals surface area contributed by atoms with Crippen LogP contribution in [-0.4, -0.2) is 23.6 Å². The number of aliphatic carboxylic acids is 1. The second-order valence-corrected chi connectivity index (χ2v) is 8.91. The zero-order valence-electron chi connectivity index (χ0n) is 21.5. The maximum absolute atomic E-state index is 13.0. The summed E-state index contributed by atoms with van der Waals surface area (Å²) in [4.78, 5) is 23.8. The lowest BCUT2D eigenvalue weighted by atomic mass is 10.0. The van der Waals surface area contributed by atoms with Gasteiger partial charge in [0.15, 0.2) is 0 Å². The number of hydrogen-bond acceptors (Lipinski definition) is 4. The highest BCUT2D eigenvalue weighted by atomic mass is 16.5. The van der Waals surface area contributed by atoms with Crippen molar-refractivity contribution in [2.75, 3.05) is 11.9 Å². The standard InChI is InChI=1S/C30H35NO5/c1-5-9-23-13-15-24(16-14-23)22(4)36-27-18-17-26(20(2)21(27)3)31-30(34)25-10-6-7-11-28(25)35-19-8-12-29(32)33/h6-7,10-11,13-18,22H,5,8-9,12,19H2,1-4H3,(H,31,34)(H,32,33). The zero-order chi connectivity index (χ0) is 26.1. The fourth-order valence-electron chi connectivity index (χ4n) is 3.94. The van der Waals surface area contributed by atoms with Gasteiger partial charge in [-0.05, 0) is 80.1 Å². The van der Waals surface area contributed by atoms with Gasteiger partial charge in [0.25, 0.3) is 5.91 Å². The maximum atomic E-state index is 13.0. The fraction of sp³-hybridized carbons (Fsp3) is 0.333. The van der Waals surface area contributed by atoms with Crippen LogP contribution in [0.4, 0.5) is 5.69 Å². The first kappa shape index (κ1) is 26.8. The number of carbonyl (C=O) groups excluding carboxylic acids is 1. The molecule has 0 aromatic heterocycles. The molecule has 6 heteroatoms. The van der Waals surface area contributed by atoms with Gasteiger partial charge in [0.2, 0.25) is 0 Å². The van der Waals surface area contributed by atoms with Crippen molar-refractivity contribution in [3.63, 3.8) is 0 Å². The number of carboxylic acid groups (broad SMARTS) is 1. The number of rotatable bonds is 12. The van der Waals surface area contributed by atoms with Gasteiger partial charge in [-0.25, -0.2) is 0 Å². The lowest BCUT2D eigenvalue weighted by Crippen LogP contribution is -2.15. The van der Waals surface area contributed by atoms with E-state index in [1.807, 2.05) is 32.9 Å². The predicted molar refractivity (Wildman–Crippen MR) is 142 cm³/mol. The van der Waals surface area contributed by atoms with Gasteiger partial charge in [-0.15, -0.1) is 0 Å². The van der Waals surface area contributed by atoms with Crippen LogP contribution in [0.2, 0.25) is 0 Å². The molecule has 0 heterocycles. The molecule has 6 nitrogen and oxygen atoms in total. The predicted octanol–water partition coefficient (Wildman–Crippen LogP) is 6.89. The number of benzene rings is 3. The highest BCUT2D eigenvalue weighted by molar-refractivity contribution is 6.06.